The summed E-state index contributed by atoms with van der Waals surface area (Å²) in [6.07, 6.45) is 1.75. The Morgan fingerprint density at radius 2 is 1.67 bits per heavy atom. The molecule has 122 valence electrons. The standard InChI is InChI=1S/C20H20N2O2/c1-3-22(4-2)17-12-10-15(11-13-17)14-18-20(23)24-19(21-18)16-8-6-5-7-9-16/h5-14H,3-4H2,1-2H3/b18-14+. The molecule has 1 aliphatic heterocycles. The number of esters is 1. The SMILES string of the molecule is CCN(CC)c1ccc(/C=C2/N=C(c3ccccc3)OC2=O)cc1. The van der Waals surface area contributed by atoms with Gasteiger partial charge in [-0.3, -0.25) is 0 Å². The minimum absolute atomic E-state index is 0.324. The Morgan fingerprint density at radius 3 is 2.29 bits per heavy atom. The van der Waals surface area contributed by atoms with Crippen LogP contribution in [0.4, 0.5) is 5.69 Å². The molecule has 4 nitrogen and oxygen atoms in total. The maximum absolute atomic E-state index is 12.0. The van der Waals surface area contributed by atoms with E-state index < -0.39 is 5.97 Å². The molecule has 0 spiro atoms. The molecule has 2 aromatic rings. The van der Waals surface area contributed by atoms with Crippen LogP contribution in [0.1, 0.15) is 25.0 Å². The van der Waals surface area contributed by atoms with Crippen LogP contribution in [0.25, 0.3) is 6.08 Å². The lowest BCUT2D eigenvalue weighted by Crippen LogP contribution is -2.21. The van der Waals surface area contributed by atoms with E-state index in [1.165, 1.54) is 5.69 Å². The van der Waals surface area contributed by atoms with Gasteiger partial charge in [0.1, 0.15) is 0 Å². The summed E-state index contributed by atoms with van der Waals surface area (Å²) in [5, 5.41) is 0. The number of benzene rings is 2. The summed E-state index contributed by atoms with van der Waals surface area (Å²) in [5.41, 5.74) is 3.22. The fraction of sp³-hybridized carbons (Fsp3) is 0.200. The summed E-state index contributed by atoms with van der Waals surface area (Å²) < 4.78 is 5.26. The van der Waals surface area contributed by atoms with Crippen molar-refractivity contribution in [1.82, 2.24) is 0 Å². The largest absolute Gasteiger partial charge is 0.402 e. The van der Waals surface area contributed by atoms with E-state index in [-0.39, 0.29) is 0 Å². The van der Waals surface area contributed by atoms with Gasteiger partial charge in [0.05, 0.1) is 0 Å². The number of aliphatic imine (C=N–C) groups is 1. The Morgan fingerprint density at radius 1 is 1.00 bits per heavy atom. The molecule has 0 aromatic heterocycles. The predicted molar refractivity (Wildman–Crippen MR) is 97.1 cm³/mol. The van der Waals surface area contributed by atoms with Crippen LogP contribution in [0.2, 0.25) is 0 Å². The lowest BCUT2D eigenvalue weighted by Gasteiger charge is -2.20. The van der Waals surface area contributed by atoms with Gasteiger partial charge >= 0.3 is 5.97 Å². The van der Waals surface area contributed by atoms with Crippen molar-refractivity contribution in [1.29, 1.82) is 0 Å². The van der Waals surface area contributed by atoms with Crippen LogP contribution < -0.4 is 4.90 Å². The Balaban J connectivity index is 1.83. The highest BCUT2D eigenvalue weighted by atomic mass is 16.6. The number of hydrogen-bond donors (Lipinski definition) is 0. The Bertz CT molecular complexity index is 773. The zero-order valence-electron chi connectivity index (χ0n) is 13.9. The number of cyclic esters (lactones) is 1. The number of ether oxygens (including phenoxy) is 1. The molecule has 4 heteroatoms. The molecule has 0 amide bonds. The molecule has 0 N–H and O–H groups in total. The quantitative estimate of drug-likeness (QED) is 0.620. The average molecular weight is 320 g/mol. The van der Waals surface area contributed by atoms with Crippen molar-refractivity contribution >= 4 is 23.6 Å². The Kier molecular flexibility index (Phi) is 4.75. The average Bonchev–Trinajstić information content (AvgIpc) is 2.99. The summed E-state index contributed by atoms with van der Waals surface area (Å²) in [5.74, 6) is -0.0618. The van der Waals surface area contributed by atoms with Gasteiger partial charge in [0, 0.05) is 24.3 Å². The maximum Gasteiger partial charge on any atom is 0.363 e. The zero-order chi connectivity index (χ0) is 16.9. The van der Waals surface area contributed by atoms with E-state index in [1.807, 2.05) is 42.5 Å². The molecule has 0 bridgehead atoms. The van der Waals surface area contributed by atoms with E-state index in [1.54, 1.807) is 6.08 Å². The molecule has 1 heterocycles. The molecule has 0 unspecified atom stereocenters. The number of carbonyl (C=O) groups excluding carboxylic acids is 1. The number of nitrogens with zero attached hydrogens (tertiary/aromatic N) is 2. The van der Waals surface area contributed by atoms with Gasteiger partial charge < -0.3 is 9.64 Å². The van der Waals surface area contributed by atoms with Gasteiger partial charge in [-0.25, -0.2) is 9.79 Å². The van der Waals surface area contributed by atoms with Crippen LogP contribution >= 0.6 is 0 Å². The van der Waals surface area contributed by atoms with Gasteiger partial charge in [0.2, 0.25) is 5.90 Å². The maximum atomic E-state index is 12.0. The second-order valence-corrected chi connectivity index (χ2v) is 5.47. The Labute approximate surface area is 142 Å². The molecule has 0 atom stereocenters. The first-order valence-corrected chi connectivity index (χ1v) is 8.14. The van der Waals surface area contributed by atoms with Crippen LogP contribution in [0.15, 0.2) is 65.3 Å². The Hall–Kier alpha value is -2.88. The highest BCUT2D eigenvalue weighted by molar-refractivity contribution is 6.12. The molecular weight excluding hydrogens is 300 g/mol. The zero-order valence-corrected chi connectivity index (χ0v) is 13.9. The summed E-state index contributed by atoms with van der Waals surface area (Å²) in [6.45, 7) is 6.20. The van der Waals surface area contributed by atoms with Crippen molar-refractivity contribution in [3.05, 3.63) is 71.4 Å². The summed E-state index contributed by atoms with van der Waals surface area (Å²) in [4.78, 5) is 18.6. The first kappa shape index (κ1) is 16.0. The van der Waals surface area contributed by atoms with Gasteiger partial charge in [-0.2, -0.15) is 0 Å². The van der Waals surface area contributed by atoms with E-state index in [2.05, 4.69) is 35.9 Å². The minimum atomic E-state index is -0.415. The molecular formula is C20H20N2O2. The molecule has 0 radical (unpaired) electrons. The molecule has 0 saturated heterocycles. The summed E-state index contributed by atoms with van der Waals surface area (Å²) in [6, 6.07) is 17.5. The fourth-order valence-electron chi connectivity index (χ4n) is 2.64. The number of hydrogen-bond acceptors (Lipinski definition) is 4. The van der Waals surface area contributed by atoms with Gasteiger partial charge in [0.15, 0.2) is 5.70 Å². The van der Waals surface area contributed by atoms with Crippen LogP contribution in [-0.2, 0) is 9.53 Å². The van der Waals surface area contributed by atoms with Crippen molar-refractivity contribution in [2.75, 3.05) is 18.0 Å². The van der Waals surface area contributed by atoms with Crippen LogP contribution in [0.5, 0.6) is 0 Å². The van der Waals surface area contributed by atoms with E-state index in [0.29, 0.717) is 11.6 Å². The lowest BCUT2D eigenvalue weighted by molar-refractivity contribution is -0.129. The second kappa shape index (κ2) is 7.13. The molecule has 3 rings (SSSR count). The normalized spacial score (nSPS) is 15.3. The third-order valence-corrected chi connectivity index (χ3v) is 3.97. The predicted octanol–water partition coefficient (Wildman–Crippen LogP) is 3.88. The van der Waals surface area contributed by atoms with Gasteiger partial charge in [0.25, 0.3) is 0 Å². The molecule has 0 saturated carbocycles. The van der Waals surface area contributed by atoms with E-state index in [4.69, 9.17) is 4.74 Å². The first-order valence-electron chi connectivity index (χ1n) is 8.14. The monoisotopic (exact) mass is 320 g/mol. The van der Waals surface area contributed by atoms with Crippen molar-refractivity contribution in [2.24, 2.45) is 4.99 Å². The number of anilines is 1. The van der Waals surface area contributed by atoms with Crippen molar-refractivity contribution in [3.8, 4) is 0 Å². The molecule has 1 aliphatic rings. The lowest BCUT2D eigenvalue weighted by atomic mass is 10.1. The molecule has 0 aliphatic carbocycles. The van der Waals surface area contributed by atoms with Crippen LogP contribution in [0.3, 0.4) is 0 Å². The van der Waals surface area contributed by atoms with Crippen LogP contribution in [-0.4, -0.2) is 25.0 Å². The summed E-state index contributed by atoms with van der Waals surface area (Å²) in [7, 11) is 0. The van der Waals surface area contributed by atoms with Gasteiger partial charge in [-0.1, -0.05) is 30.3 Å². The fourth-order valence-corrected chi connectivity index (χ4v) is 2.64. The van der Waals surface area contributed by atoms with Crippen molar-refractivity contribution in [3.63, 3.8) is 0 Å². The van der Waals surface area contributed by atoms with Crippen molar-refractivity contribution in [2.45, 2.75) is 13.8 Å². The topological polar surface area (TPSA) is 41.9 Å². The van der Waals surface area contributed by atoms with Crippen molar-refractivity contribution < 1.29 is 9.53 Å². The highest BCUT2D eigenvalue weighted by Crippen LogP contribution is 2.21. The molecule has 2 aromatic carbocycles. The molecule has 0 fully saturated rings. The van der Waals surface area contributed by atoms with E-state index in [9.17, 15) is 4.79 Å². The first-order chi connectivity index (χ1) is 11.7. The van der Waals surface area contributed by atoms with E-state index in [0.717, 1.165) is 24.2 Å². The number of carbonyl (C=O) groups is 1. The number of rotatable bonds is 5. The summed E-state index contributed by atoms with van der Waals surface area (Å²) >= 11 is 0. The molecule has 24 heavy (non-hydrogen) atoms. The van der Waals surface area contributed by atoms with Gasteiger partial charge in [-0.15, -0.1) is 0 Å². The smallest absolute Gasteiger partial charge is 0.363 e. The third-order valence-electron chi connectivity index (χ3n) is 3.97. The highest BCUT2D eigenvalue weighted by Gasteiger charge is 2.23. The van der Waals surface area contributed by atoms with Crippen LogP contribution in [0, 0.1) is 0 Å². The minimum Gasteiger partial charge on any atom is -0.402 e. The van der Waals surface area contributed by atoms with Gasteiger partial charge in [-0.05, 0) is 49.8 Å². The third kappa shape index (κ3) is 3.38. The van der Waals surface area contributed by atoms with E-state index >= 15 is 0 Å². The second-order valence-electron chi connectivity index (χ2n) is 5.47.